The maximum atomic E-state index is 8.69. The van der Waals surface area contributed by atoms with Gasteiger partial charge in [0.1, 0.15) is 13.2 Å². The van der Waals surface area contributed by atoms with Crippen LogP contribution in [0.1, 0.15) is 58.3 Å². The van der Waals surface area contributed by atoms with Crippen LogP contribution in [0.5, 0.6) is 0 Å². The Balaban J connectivity index is 3.55. The van der Waals surface area contributed by atoms with Crippen LogP contribution in [0.25, 0.3) is 0 Å². The number of aliphatic hydroxyl groups excluding tert-OH is 2. The molecular weight excluding hydrogens is 258 g/mol. The molecule has 5 nitrogen and oxygen atoms in total. The van der Waals surface area contributed by atoms with Crippen LogP contribution in [-0.4, -0.2) is 41.9 Å². The fraction of sp³-hybridized carbons (Fsp3) is 0.867. The second kappa shape index (κ2) is 16.4. The van der Waals surface area contributed by atoms with Gasteiger partial charge in [-0.3, -0.25) is 0 Å². The minimum Gasteiger partial charge on any atom is -0.394 e. The maximum Gasteiger partial charge on any atom is 0.101 e. The highest BCUT2D eigenvalue weighted by molar-refractivity contribution is 4.76. The number of aliphatic hydroxyl groups is 2. The quantitative estimate of drug-likeness (QED) is 0.358. The van der Waals surface area contributed by atoms with Gasteiger partial charge in [-0.1, -0.05) is 51.5 Å². The average molecular weight is 289 g/mol. The molecule has 20 heavy (non-hydrogen) atoms. The molecule has 0 spiro atoms. The number of unbranched alkanes of at least 4 members (excludes halogenated alkanes) is 7. The Morgan fingerprint density at radius 2 is 1.40 bits per heavy atom. The fourth-order valence-corrected chi connectivity index (χ4v) is 1.76. The fourth-order valence-electron chi connectivity index (χ4n) is 1.76. The van der Waals surface area contributed by atoms with Crippen molar-refractivity contribution in [3.63, 3.8) is 0 Å². The van der Waals surface area contributed by atoms with Crippen molar-refractivity contribution >= 4 is 0 Å². The molecule has 0 unspecified atom stereocenters. The van der Waals surface area contributed by atoms with Gasteiger partial charge in [0.05, 0.1) is 19.4 Å². The lowest BCUT2D eigenvalue weighted by Crippen LogP contribution is -2.22. The number of hydrogen-bond acceptors (Lipinski definition) is 5. The SMILES string of the molecule is CCCCCCCCCC=CN(OCCO)OCCO. The van der Waals surface area contributed by atoms with E-state index in [4.69, 9.17) is 19.9 Å². The van der Waals surface area contributed by atoms with Crippen LogP contribution in [0, 0.1) is 0 Å². The highest BCUT2D eigenvalue weighted by Gasteiger charge is 1.99. The Kier molecular flexibility index (Phi) is 15.9. The summed E-state index contributed by atoms with van der Waals surface area (Å²) >= 11 is 0. The van der Waals surface area contributed by atoms with Gasteiger partial charge in [-0.25, -0.2) is 9.68 Å². The van der Waals surface area contributed by atoms with E-state index in [1.165, 1.54) is 43.8 Å². The van der Waals surface area contributed by atoms with E-state index in [-0.39, 0.29) is 26.4 Å². The van der Waals surface area contributed by atoms with Crippen molar-refractivity contribution in [2.24, 2.45) is 0 Å². The number of allylic oxidation sites excluding steroid dienone is 1. The molecule has 0 atom stereocenters. The lowest BCUT2D eigenvalue weighted by atomic mass is 10.1. The summed E-state index contributed by atoms with van der Waals surface area (Å²) < 4.78 is 0. The van der Waals surface area contributed by atoms with Crippen molar-refractivity contribution in [2.45, 2.75) is 58.3 Å². The summed E-state index contributed by atoms with van der Waals surface area (Å²) in [6.07, 6.45) is 13.7. The van der Waals surface area contributed by atoms with Crippen molar-refractivity contribution in [3.8, 4) is 0 Å². The molecule has 0 rings (SSSR count). The molecule has 0 bridgehead atoms. The highest BCUT2D eigenvalue weighted by Crippen LogP contribution is 2.08. The van der Waals surface area contributed by atoms with Crippen molar-refractivity contribution < 1.29 is 19.9 Å². The van der Waals surface area contributed by atoms with Crippen molar-refractivity contribution in [1.29, 1.82) is 0 Å². The zero-order valence-electron chi connectivity index (χ0n) is 12.8. The average Bonchev–Trinajstić information content (AvgIpc) is 2.47. The molecular formula is C15H31NO4. The van der Waals surface area contributed by atoms with Crippen LogP contribution in [0.2, 0.25) is 0 Å². The predicted octanol–water partition coefficient (Wildman–Crippen LogP) is 2.79. The number of hydroxylamine groups is 2. The molecule has 0 aromatic rings. The first-order valence-electron chi connectivity index (χ1n) is 7.78. The summed E-state index contributed by atoms with van der Waals surface area (Å²) in [5.74, 6) is 0. The van der Waals surface area contributed by atoms with Crippen LogP contribution in [0.3, 0.4) is 0 Å². The molecule has 0 saturated heterocycles. The normalized spacial score (nSPS) is 11.3. The third-order valence-electron chi connectivity index (χ3n) is 2.82. The summed E-state index contributed by atoms with van der Waals surface area (Å²) in [7, 11) is 0. The molecule has 0 aromatic carbocycles. The van der Waals surface area contributed by atoms with Gasteiger partial charge in [0.2, 0.25) is 0 Å². The topological polar surface area (TPSA) is 62.2 Å². The Morgan fingerprint density at radius 1 is 0.850 bits per heavy atom. The van der Waals surface area contributed by atoms with Crippen molar-refractivity contribution in [2.75, 3.05) is 26.4 Å². The first-order valence-corrected chi connectivity index (χ1v) is 7.78. The Labute approximate surface area is 123 Å². The van der Waals surface area contributed by atoms with E-state index in [0.717, 1.165) is 12.8 Å². The smallest absolute Gasteiger partial charge is 0.101 e. The van der Waals surface area contributed by atoms with E-state index in [1.807, 2.05) is 6.08 Å². The van der Waals surface area contributed by atoms with E-state index in [2.05, 4.69) is 6.92 Å². The largest absolute Gasteiger partial charge is 0.394 e. The Hall–Kier alpha value is -0.620. The minimum absolute atomic E-state index is 0.0649. The zero-order valence-corrected chi connectivity index (χ0v) is 12.8. The van der Waals surface area contributed by atoms with Gasteiger partial charge >= 0.3 is 0 Å². The molecule has 0 aliphatic rings. The number of hydrogen-bond donors (Lipinski definition) is 2. The lowest BCUT2D eigenvalue weighted by molar-refractivity contribution is -0.339. The van der Waals surface area contributed by atoms with Crippen LogP contribution in [0.4, 0.5) is 0 Å². The molecule has 0 heterocycles. The molecule has 0 amide bonds. The second-order valence-electron chi connectivity index (χ2n) is 4.69. The van der Waals surface area contributed by atoms with E-state index in [1.54, 1.807) is 6.20 Å². The van der Waals surface area contributed by atoms with Gasteiger partial charge in [-0.2, -0.15) is 0 Å². The Morgan fingerprint density at radius 3 is 1.95 bits per heavy atom. The minimum atomic E-state index is -0.0649. The van der Waals surface area contributed by atoms with Gasteiger partial charge in [0, 0.05) is 0 Å². The molecule has 120 valence electrons. The third-order valence-corrected chi connectivity index (χ3v) is 2.82. The van der Waals surface area contributed by atoms with Crippen molar-refractivity contribution in [1.82, 2.24) is 5.23 Å². The maximum absolute atomic E-state index is 8.69. The monoisotopic (exact) mass is 289 g/mol. The lowest BCUT2D eigenvalue weighted by Gasteiger charge is -2.17. The molecule has 5 heteroatoms. The molecule has 0 radical (unpaired) electrons. The van der Waals surface area contributed by atoms with Gasteiger partial charge < -0.3 is 10.2 Å². The molecule has 2 N–H and O–H groups in total. The summed E-state index contributed by atoms with van der Waals surface area (Å²) in [5.41, 5.74) is 0. The van der Waals surface area contributed by atoms with Gasteiger partial charge in [-0.15, -0.1) is 5.23 Å². The Bertz CT molecular complexity index is 204. The van der Waals surface area contributed by atoms with E-state index < -0.39 is 0 Å². The molecule has 0 aromatic heterocycles. The highest BCUT2D eigenvalue weighted by atomic mass is 16.9. The van der Waals surface area contributed by atoms with Crippen LogP contribution < -0.4 is 0 Å². The van der Waals surface area contributed by atoms with Crippen LogP contribution in [0.15, 0.2) is 12.3 Å². The van der Waals surface area contributed by atoms with Gasteiger partial charge in [0.15, 0.2) is 0 Å². The first kappa shape index (κ1) is 19.4. The standard InChI is InChI=1S/C15H31NO4/c1-2-3-4-5-6-7-8-9-10-11-16(19-14-12-17)20-15-13-18/h10-11,17-18H,2-9,12-15H2,1H3. The zero-order chi connectivity index (χ0) is 14.9. The number of rotatable bonds is 15. The van der Waals surface area contributed by atoms with E-state index >= 15 is 0 Å². The van der Waals surface area contributed by atoms with E-state index in [0.29, 0.717) is 0 Å². The molecule has 0 fully saturated rings. The van der Waals surface area contributed by atoms with Crippen LogP contribution >= 0.6 is 0 Å². The molecule has 0 aliphatic heterocycles. The van der Waals surface area contributed by atoms with E-state index in [9.17, 15) is 0 Å². The summed E-state index contributed by atoms with van der Waals surface area (Å²) in [6.45, 7) is 2.45. The summed E-state index contributed by atoms with van der Waals surface area (Å²) in [4.78, 5) is 10.3. The van der Waals surface area contributed by atoms with Crippen LogP contribution in [-0.2, 0) is 9.68 Å². The first-order chi connectivity index (χ1) is 9.85. The second-order valence-corrected chi connectivity index (χ2v) is 4.69. The predicted molar refractivity (Wildman–Crippen MR) is 79.7 cm³/mol. The van der Waals surface area contributed by atoms with Gasteiger partial charge in [-0.05, 0) is 12.8 Å². The van der Waals surface area contributed by atoms with Crippen molar-refractivity contribution in [3.05, 3.63) is 12.3 Å². The van der Waals surface area contributed by atoms with Gasteiger partial charge in [0.25, 0.3) is 0 Å². The molecule has 0 saturated carbocycles. The third kappa shape index (κ3) is 13.8. The number of nitrogens with zero attached hydrogens (tertiary/aromatic N) is 1. The molecule has 0 aliphatic carbocycles. The summed E-state index contributed by atoms with van der Waals surface area (Å²) in [5, 5.41) is 18.6. The summed E-state index contributed by atoms with van der Waals surface area (Å²) in [6, 6.07) is 0.